The number of methoxy groups -OCH3 is 1. The van der Waals surface area contributed by atoms with Gasteiger partial charge in [0, 0.05) is 13.3 Å². The van der Waals surface area contributed by atoms with Crippen LogP contribution in [0.15, 0.2) is 36.2 Å². The van der Waals surface area contributed by atoms with Gasteiger partial charge in [-0.05, 0) is 28.1 Å². The Bertz CT molecular complexity index is 355. The summed E-state index contributed by atoms with van der Waals surface area (Å²) in [6.07, 6.45) is 6.83. The van der Waals surface area contributed by atoms with Gasteiger partial charge in [-0.3, -0.25) is 0 Å². The lowest BCUT2D eigenvalue weighted by atomic mass is 10.3. The van der Waals surface area contributed by atoms with E-state index >= 15 is 0 Å². The van der Waals surface area contributed by atoms with Gasteiger partial charge < -0.3 is 20.3 Å². The minimum absolute atomic E-state index is 0.327. The third kappa shape index (κ3) is 2.15. The lowest BCUT2D eigenvalue weighted by Gasteiger charge is -2.28. The van der Waals surface area contributed by atoms with E-state index in [1.165, 1.54) is 6.20 Å². The molecule has 1 unspecified atom stereocenters. The fourth-order valence-corrected chi connectivity index (χ4v) is 1.57. The number of hydrogen-bond donors (Lipinski definition) is 2. The molecule has 0 fully saturated rings. The first-order valence-electron chi connectivity index (χ1n) is 4.42. The Morgan fingerprint density at radius 3 is 2.93 bits per heavy atom. The van der Waals surface area contributed by atoms with Gasteiger partial charge in [0.15, 0.2) is 0 Å². The SMILES string of the molecule is COC1(Br)C=CC(N2C=C(F)NC2)=CN1. The first-order chi connectivity index (χ1) is 7.13. The van der Waals surface area contributed by atoms with E-state index in [1.54, 1.807) is 18.2 Å². The Morgan fingerprint density at radius 2 is 2.47 bits per heavy atom. The van der Waals surface area contributed by atoms with Crippen molar-refractivity contribution in [3.05, 3.63) is 36.2 Å². The van der Waals surface area contributed by atoms with Crippen molar-refractivity contribution in [3.63, 3.8) is 0 Å². The van der Waals surface area contributed by atoms with Crippen LogP contribution in [-0.2, 0) is 4.74 Å². The van der Waals surface area contributed by atoms with E-state index in [9.17, 15) is 4.39 Å². The van der Waals surface area contributed by atoms with Crippen molar-refractivity contribution in [1.29, 1.82) is 0 Å². The Labute approximate surface area is 95.6 Å². The van der Waals surface area contributed by atoms with E-state index in [0.717, 1.165) is 5.70 Å². The maximum atomic E-state index is 12.7. The molecule has 4 nitrogen and oxygen atoms in total. The molecule has 2 aliphatic heterocycles. The van der Waals surface area contributed by atoms with Crippen LogP contribution in [0.1, 0.15) is 0 Å². The normalized spacial score (nSPS) is 29.4. The third-order valence-corrected chi connectivity index (χ3v) is 3.02. The van der Waals surface area contributed by atoms with Crippen LogP contribution >= 0.6 is 15.9 Å². The maximum absolute atomic E-state index is 12.7. The van der Waals surface area contributed by atoms with Crippen LogP contribution in [0.5, 0.6) is 0 Å². The van der Waals surface area contributed by atoms with Crippen molar-refractivity contribution in [1.82, 2.24) is 15.5 Å². The van der Waals surface area contributed by atoms with Crippen molar-refractivity contribution in [3.8, 4) is 0 Å². The van der Waals surface area contributed by atoms with E-state index in [4.69, 9.17) is 4.74 Å². The molecule has 1 atom stereocenters. The second-order valence-electron chi connectivity index (χ2n) is 3.18. The molecule has 2 N–H and O–H groups in total. The molecule has 0 aromatic heterocycles. The summed E-state index contributed by atoms with van der Waals surface area (Å²) in [5, 5.41) is 5.59. The Hall–Kier alpha value is -1.01. The summed E-state index contributed by atoms with van der Waals surface area (Å²) >= 11 is 3.35. The standard InChI is InChI=1S/C9H11BrFN3O/c1-15-9(10)3-2-7(4-13-9)14-5-8(11)12-6-14/h2-5,12-13H,6H2,1H3. The van der Waals surface area contributed by atoms with Crippen LogP contribution in [0.25, 0.3) is 0 Å². The maximum Gasteiger partial charge on any atom is 0.215 e. The van der Waals surface area contributed by atoms with Gasteiger partial charge in [-0.1, -0.05) is 0 Å². The van der Waals surface area contributed by atoms with Gasteiger partial charge >= 0.3 is 0 Å². The summed E-state index contributed by atoms with van der Waals surface area (Å²) in [6.45, 7) is 0.436. The van der Waals surface area contributed by atoms with Gasteiger partial charge in [-0.2, -0.15) is 4.39 Å². The van der Waals surface area contributed by atoms with E-state index < -0.39 is 4.63 Å². The average molecular weight is 276 g/mol. The van der Waals surface area contributed by atoms with Crippen molar-refractivity contribution in [2.24, 2.45) is 0 Å². The molecule has 0 radical (unpaired) electrons. The van der Waals surface area contributed by atoms with E-state index in [0.29, 0.717) is 6.67 Å². The number of alkyl halides is 1. The number of nitrogens with one attached hydrogen (secondary N) is 2. The lowest BCUT2D eigenvalue weighted by molar-refractivity contribution is 0.0983. The molecule has 2 rings (SSSR count). The minimum Gasteiger partial charge on any atom is -0.349 e. The van der Waals surface area contributed by atoms with Gasteiger partial charge in [-0.15, -0.1) is 0 Å². The topological polar surface area (TPSA) is 36.5 Å². The molecule has 0 aromatic carbocycles. The van der Waals surface area contributed by atoms with Crippen LogP contribution in [0.2, 0.25) is 0 Å². The predicted octanol–water partition coefficient (Wildman–Crippen LogP) is 1.31. The second-order valence-corrected chi connectivity index (χ2v) is 4.36. The number of hydrogen-bond acceptors (Lipinski definition) is 4. The smallest absolute Gasteiger partial charge is 0.215 e. The van der Waals surface area contributed by atoms with E-state index in [-0.39, 0.29) is 5.95 Å². The fraction of sp³-hybridized carbons (Fsp3) is 0.333. The Morgan fingerprint density at radius 1 is 1.67 bits per heavy atom. The molecule has 2 heterocycles. The molecule has 0 saturated carbocycles. The molecule has 0 aliphatic carbocycles. The largest absolute Gasteiger partial charge is 0.349 e. The molecular weight excluding hydrogens is 265 g/mol. The number of allylic oxidation sites excluding steroid dienone is 1. The van der Waals surface area contributed by atoms with Crippen LogP contribution < -0.4 is 10.6 Å². The first-order valence-corrected chi connectivity index (χ1v) is 5.21. The zero-order valence-electron chi connectivity index (χ0n) is 8.13. The molecule has 82 valence electrons. The number of halogens is 2. The summed E-state index contributed by atoms with van der Waals surface area (Å²) in [6, 6.07) is 0. The lowest BCUT2D eigenvalue weighted by Crippen LogP contribution is -2.38. The van der Waals surface area contributed by atoms with Crippen LogP contribution in [0.3, 0.4) is 0 Å². The van der Waals surface area contributed by atoms with Crippen LogP contribution in [0.4, 0.5) is 4.39 Å². The van der Waals surface area contributed by atoms with Gasteiger partial charge in [0.25, 0.3) is 0 Å². The van der Waals surface area contributed by atoms with E-state index in [2.05, 4.69) is 26.6 Å². The number of nitrogens with zero attached hydrogens (tertiary/aromatic N) is 1. The molecule has 15 heavy (non-hydrogen) atoms. The van der Waals surface area contributed by atoms with E-state index in [1.807, 2.05) is 12.2 Å². The highest BCUT2D eigenvalue weighted by Crippen LogP contribution is 2.24. The van der Waals surface area contributed by atoms with Gasteiger partial charge in [0.2, 0.25) is 10.6 Å². The monoisotopic (exact) mass is 275 g/mol. The highest BCUT2D eigenvalue weighted by molar-refractivity contribution is 9.10. The quantitative estimate of drug-likeness (QED) is 0.589. The molecular formula is C9H11BrFN3O. The highest BCUT2D eigenvalue weighted by Gasteiger charge is 2.25. The highest BCUT2D eigenvalue weighted by atomic mass is 79.9. The second kappa shape index (κ2) is 3.86. The predicted molar refractivity (Wildman–Crippen MR) is 58.1 cm³/mol. The molecule has 6 heteroatoms. The molecule has 0 aromatic rings. The third-order valence-electron chi connectivity index (χ3n) is 2.20. The van der Waals surface area contributed by atoms with Crippen molar-refractivity contribution < 1.29 is 9.13 Å². The average Bonchev–Trinajstić information content (AvgIpc) is 2.66. The minimum atomic E-state index is -0.661. The Balaban J connectivity index is 2.07. The van der Waals surface area contributed by atoms with Gasteiger partial charge in [0.1, 0.15) is 0 Å². The Kier molecular flexibility index (Phi) is 2.70. The van der Waals surface area contributed by atoms with Crippen molar-refractivity contribution in [2.45, 2.75) is 4.63 Å². The summed E-state index contributed by atoms with van der Waals surface area (Å²) in [5.74, 6) is -0.327. The fourth-order valence-electron chi connectivity index (χ4n) is 1.32. The first kappa shape index (κ1) is 10.5. The molecule has 0 amide bonds. The van der Waals surface area contributed by atoms with Crippen LogP contribution in [-0.4, -0.2) is 23.3 Å². The molecule has 2 aliphatic rings. The van der Waals surface area contributed by atoms with Gasteiger partial charge in [-0.25, -0.2) is 0 Å². The molecule has 0 saturated heterocycles. The number of dihydropyridines is 1. The number of ether oxygens (including phenoxy) is 1. The molecule has 0 bridgehead atoms. The van der Waals surface area contributed by atoms with Crippen molar-refractivity contribution >= 4 is 15.9 Å². The molecule has 0 spiro atoms. The number of rotatable bonds is 2. The summed E-state index contributed by atoms with van der Waals surface area (Å²) in [4.78, 5) is 1.75. The summed E-state index contributed by atoms with van der Waals surface area (Å²) < 4.78 is 17.3. The zero-order chi connectivity index (χ0) is 10.9. The van der Waals surface area contributed by atoms with Crippen LogP contribution in [0, 0.1) is 0 Å². The summed E-state index contributed by atoms with van der Waals surface area (Å²) in [5.41, 5.74) is 0.863. The van der Waals surface area contributed by atoms with Gasteiger partial charge in [0.05, 0.1) is 18.6 Å². The summed E-state index contributed by atoms with van der Waals surface area (Å²) in [7, 11) is 1.59. The van der Waals surface area contributed by atoms with Crippen molar-refractivity contribution in [2.75, 3.05) is 13.8 Å². The zero-order valence-corrected chi connectivity index (χ0v) is 9.71.